The van der Waals surface area contributed by atoms with Gasteiger partial charge in [-0.3, -0.25) is 4.79 Å². The van der Waals surface area contributed by atoms with Crippen LogP contribution in [0.25, 0.3) is 0 Å². The van der Waals surface area contributed by atoms with Crippen LogP contribution in [-0.2, 0) is 7.05 Å². The third kappa shape index (κ3) is 3.13. The van der Waals surface area contributed by atoms with Gasteiger partial charge in [0.25, 0.3) is 5.56 Å². The molecule has 1 N–H and O–H groups in total. The van der Waals surface area contributed by atoms with E-state index in [0.29, 0.717) is 18.2 Å². The molecule has 0 radical (unpaired) electrons. The lowest BCUT2D eigenvalue weighted by atomic mass is 10.1. The van der Waals surface area contributed by atoms with E-state index < -0.39 is 0 Å². The minimum absolute atomic E-state index is 0.0827. The molecule has 0 saturated carbocycles. The van der Waals surface area contributed by atoms with Crippen molar-refractivity contribution in [1.82, 2.24) is 19.5 Å². The fourth-order valence-electron chi connectivity index (χ4n) is 2.71. The van der Waals surface area contributed by atoms with Gasteiger partial charge in [0.05, 0.1) is 0 Å². The van der Waals surface area contributed by atoms with Gasteiger partial charge in [0.2, 0.25) is 0 Å². The Balaban J connectivity index is 1.78. The van der Waals surface area contributed by atoms with E-state index >= 15 is 0 Å². The Morgan fingerprint density at radius 2 is 2.13 bits per heavy atom. The van der Waals surface area contributed by atoms with Crippen LogP contribution in [-0.4, -0.2) is 38.7 Å². The maximum Gasteiger partial charge on any atom is 0.293 e. The van der Waals surface area contributed by atoms with E-state index in [0.717, 1.165) is 19.4 Å². The maximum absolute atomic E-state index is 12.2. The Morgan fingerprint density at radius 1 is 1.30 bits per heavy atom. The number of nitrogens with zero attached hydrogens (tertiary/aromatic N) is 6. The highest BCUT2D eigenvalue weighted by atomic mass is 16.1. The molecule has 118 valence electrons. The van der Waals surface area contributed by atoms with E-state index in [1.54, 1.807) is 25.6 Å². The van der Waals surface area contributed by atoms with Gasteiger partial charge in [0.15, 0.2) is 17.3 Å². The van der Waals surface area contributed by atoms with Gasteiger partial charge < -0.3 is 14.8 Å². The molecule has 1 saturated heterocycles. The molecule has 23 heavy (non-hydrogen) atoms. The van der Waals surface area contributed by atoms with Gasteiger partial charge in [-0.05, 0) is 12.8 Å². The summed E-state index contributed by atoms with van der Waals surface area (Å²) >= 11 is 0. The Hall–Kier alpha value is -2.95. The molecule has 2 aromatic rings. The standard InChI is InChI=1S/C15H17N7O/c1-21-8-6-19-14(15(21)23)22-7-2-3-11(10-22)20-13-12(9-16)17-4-5-18-13/h4-6,8,11H,2-3,7,10H2,1H3,(H,18,20)/t11-/m0/s1. The normalized spacial score (nSPS) is 17.6. The van der Waals surface area contributed by atoms with Crippen molar-refractivity contribution >= 4 is 11.6 Å². The fraction of sp³-hybridized carbons (Fsp3) is 0.400. The lowest BCUT2D eigenvalue weighted by molar-refractivity contribution is 0.522. The second-order valence-electron chi connectivity index (χ2n) is 5.46. The predicted octanol–water partition coefficient (Wildman–Crippen LogP) is 0.523. The fourth-order valence-corrected chi connectivity index (χ4v) is 2.71. The molecule has 0 bridgehead atoms. The Bertz CT molecular complexity index is 795. The van der Waals surface area contributed by atoms with Crippen molar-refractivity contribution in [3.05, 3.63) is 40.8 Å². The number of rotatable bonds is 3. The van der Waals surface area contributed by atoms with Gasteiger partial charge >= 0.3 is 0 Å². The highest BCUT2D eigenvalue weighted by Gasteiger charge is 2.24. The molecule has 8 nitrogen and oxygen atoms in total. The highest BCUT2D eigenvalue weighted by molar-refractivity contribution is 5.48. The SMILES string of the molecule is Cn1ccnc(N2CCC[C@H](Nc3nccnc3C#N)C2)c1=O. The largest absolute Gasteiger partial charge is 0.363 e. The van der Waals surface area contributed by atoms with E-state index in [-0.39, 0.29) is 17.3 Å². The quantitative estimate of drug-likeness (QED) is 0.882. The lowest BCUT2D eigenvalue weighted by Crippen LogP contribution is -2.45. The smallest absolute Gasteiger partial charge is 0.293 e. The van der Waals surface area contributed by atoms with Crippen molar-refractivity contribution in [2.45, 2.75) is 18.9 Å². The molecule has 8 heteroatoms. The van der Waals surface area contributed by atoms with Crippen LogP contribution in [0.4, 0.5) is 11.6 Å². The van der Waals surface area contributed by atoms with Crippen LogP contribution in [0.1, 0.15) is 18.5 Å². The molecule has 0 aromatic carbocycles. The Labute approximate surface area is 133 Å². The second kappa shape index (κ2) is 6.44. The molecule has 3 heterocycles. The summed E-state index contributed by atoms with van der Waals surface area (Å²) < 4.78 is 1.52. The molecule has 1 aliphatic rings. The van der Waals surface area contributed by atoms with E-state index in [1.165, 1.54) is 10.8 Å². The molecule has 2 aromatic heterocycles. The molecule has 0 aliphatic carbocycles. The zero-order valence-corrected chi connectivity index (χ0v) is 12.8. The van der Waals surface area contributed by atoms with Crippen molar-refractivity contribution in [3.8, 4) is 6.07 Å². The molecular formula is C15H17N7O. The summed E-state index contributed by atoms with van der Waals surface area (Å²) in [4.78, 5) is 26.6. The maximum atomic E-state index is 12.2. The summed E-state index contributed by atoms with van der Waals surface area (Å²) in [6.45, 7) is 1.42. The average Bonchev–Trinajstić information content (AvgIpc) is 2.58. The van der Waals surface area contributed by atoms with Crippen LogP contribution in [0.3, 0.4) is 0 Å². The molecule has 1 aliphatic heterocycles. The first-order chi connectivity index (χ1) is 11.2. The Kier molecular flexibility index (Phi) is 4.19. The summed E-state index contributed by atoms with van der Waals surface area (Å²) in [5, 5.41) is 12.3. The van der Waals surface area contributed by atoms with Crippen molar-refractivity contribution < 1.29 is 0 Å². The zero-order chi connectivity index (χ0) is 16.2. The molecule has 0 spiro atoms. The summed E-state index contributed by atoms with van der Waals surface area (Å²) in [6, 6.07) is 2.11. The van der Waals surface area contributed by atoms with Gasteiger partial charge in [0.1, 0.15) is 6.07 Å². The van der Waals surface area contributed by atoms with Gasteiger partial charge in [-0.15, -0.1) is 0 Å². The number of aromatic nitrogens is 4. The van der Waals surface area contributed by atoms with Crippen LogP contribution in [0.5, 0.6) is 0 Å². The van der Waals surface area contributed by atoms with Crippen molar-refractivity contribution in [2.24, 2.45) is 7.05 Å². The van der Waals surface area contributed by atoms with Crippen LogP contribution >= 0.6 is 0 Å². The monoisotopic (exact) mass is 311 g/mol. The summed E-state index contributed by atoms with van der Waals surface area (Å²) in [7, 11) is 1.71. The van der Waals surface area contributed by atoms with Crippen molar-refractivity contribution in [2.75, 3.05) is 23.3 Å². The van der Waals surface area contributed by atoms with Crippen LogP contribution < -0.4 is 15.8 Å². The number of nitriles is 1. The summed E-state index contributed by atoms with van der Waals surface area (Å²) in [5.74, 6) is 0.942. The zero-order valence-electron chi connectivity index (χ0n) is 12.8. The predicted molar refractivity (Wildman–Crippen MR) is 85.1 cm³/mol. The first-order valence-corrected chi connectivity index (χ1v) is 7.43. The van der Waals surface area contributed by atoms with Crippen LogP contribution in [0, 0.1) is 11.3 Å². The van der Waals surface area contributed by atoms with Gasteiger partial charge in [-0.25, -0.2) is 15.0 Å². The second-order valence-corrected chi connectivity index (χ2v) is 5.46. The number of hydrogen-bond donors (Lipinski definition) is 1. The molecule has 1 atom stereocenters. The van der Waals surface area contributed by atoms with Gasteiger partial charge in [-0.1, -0.05) is 0 Å². The molecule has 1 fully saturated rings. The lowest BCUT2D eigenvalue weighted by Gasteiger charge is -2.33. The highest BCUT2D eigenvalue weighted by Crippen LogP contribution is 2.18. The number of aryl methyl sites for hydroxylation is 1. The minimum Gasteiger partial charge on any atom is -0.363 e. The first-order valence-electron chi connectivity index (χ1n) is 7.43. The average molecular weight is 311 g/mol. The van der Waals surface area contributed by atoms with Gasteiger partial charge in [-0.2, -0.15) is 5.26 Å². The van der Waals surface area contributed by atoms with E-state index in [9.17, 15) is 4.79 Å². The third-order valence-electron chi connectivity index (χ3n) is 3.86. The van der Waals surface area contributed by atoms with Crippen LogP contribution in [0.2, 0.25) is 0 Å². The molecule has 0 amide bonds. The molecule has 3 rings (SSSR count). The molecule has 0 unspecified atom stereocenters. The summed E-state index contributed by atoms with van der Waals surface area (Å²) in [5.41, 5.74) is 0.170. The minimum atomic E-state index is -0.106. The third-order valence-corrected chi connectivity index (χ3v) is 3.86. The topological polar surface area (TPSA) is 99.7 Å². The van der Waals surface area contributed by atoms with Crippen molar-refractivity contribution in [3.63, 3.8) is 0 Å². The number of hydrogen-bond acceptors (Lipinski definition) is 7. The van der Waals surface area contributed by atoms with Crippen LogP contribution in [0.15, 0.2) is 29.6 Å². The van der Waals surface area contributed by atoms with E-state index in [1.807, 2.05) is 11.0 Å². The van der Waals surface area contributed by atoms with Crippen molar-refractivity contribution in [1.29, 1.82) is 5.26 Å². The number of piperidine rings is 1. The summed E-state index contributed by atoms with van der Waals surface area (Å²) in [6.07, 6.45) is 8.19. The molecular weight excluding hydrogens is 294 g/mol. The van der Waals surface area contributed by atoms with E-state index in [4.69, 9.17) is 5.26 Å². The Morgan fingerprint density at radius 3 is 2.96 bits per heavy atom. The first kappa shape index (κ1) is 15.0. The number of nitrogens with one attached hydrogen (secondary N) is 1. The van der Waals surface area contributed by atoms with E-state index in [2.05, 4.69) is 20.3 Å². The van der Waals surface area contributed by atoms with Gasteiger partial charge in [0, 0.05) is 51.0 Å². The number of anilines is 2.